The molecule has 0 aliphatic heterocycles. The van der Waals surface area contributed by atoms with Crippen molar-refractivity contribution in [2.24, 2.45) is 0 Å². The first-order chi connectivity index (χ1) is 13.2. The van der Waals surface area contributed by atoms with Gasteiger partial charge >= 0.3 is 0 Å². The summed E-state index contributed by atoms with van der Waals surface area (Å²) in [6.07, 6.45) is 0. The highest BCUT2D eigenvalue weighted by atomic mass is 32.2. The van der Waals surface area contributed by atoms with Crippen LogP contribution >= 0.6 is 23.7 Å². The number of para-hydroxylation sites is 1. The van der Waals surface area contributed by atoms with Crippen molar-refractivity contribution in [3.8, 4) is 0 Å². The molecule has 0 unspecified atom stereocenters. The van der Waals surface area contributed by atoms with Gasteiger partial charge in [-0.3, -0.25) is 0 Å². The van der Waals surface area contributed by atoms with Gasteiger partial charge in [-0.25, -0.2) is 4.39 Å². The van der Waals surface area contributed by atoms with E-state index in [1.54, 1.807) is 17.8 Å². The Balaban J connectivity index is 1.48. The van der Waals surface area contributed by atoms with Crippen molar-refractivity contribution in [1.82, 2.24) is 0 Å². The quantitative estimate of drug-likeness (QED) is 0.219. The molecule has 6 heteroatoms. The molecule has 3 N–H and O–H groups in total. The number of thioether (sulfide) groups is 1. The highest BCUT2D eigenvalue weighted by molar-refractivity contribution is 8.01. The maximum absolute atomic E-state index is 13.8. The first-order valence-electron chi connectivity index (χ1n) is 8.35. The number of benzene rings is 3. The Labute approximate surface area is 165 Å². The van der Waals surface area contributed by atoms with E-state index in [1.807, 2.05) is 54.6 Å². The topological polar surface area (TPSA) is 51.2 Å². The Morgan fingerprint density at radius 1 is 0.963 bits per heavy atom. The van der Waals surface area contributed by atoms with E-state index < -0.39 is 0 Å². The van der Waals surface area contributed by atoms with Gasteiger partial charge in [0.05, 0.1) is 5.69 Å². The number of furan rings is 1. The lowest BCUT2D eigenvalue weighted by Gasteiger charge is -2.10. The van der Waals surface area contributed by atoms with E-state index in [-0.39, 0.29) is 5.82 Å². The average molecular weight is 397 g/mol. The molecule has 0 atom stereocenters. The molecule has 0 fully saturated rings. The summed E-state index contributed by atoms with van der Waals surface area (Å²) in [5, 5.41) is 1.77. The predicted octanol–water partition coefficient (Wildman–Crippen LogP) is 6.57. The van der Waals surface area contributed by atoms with Crippen molar-refractivity contribution in [2.45, 2.75) is 15.7 Å². The van der Waals surface area contributed by atoms with Gasteiger partial charge in [0.2, 0.25) is 0 Å². The minimum atomic E-state index is -0.281. The van der Waals surface area contributed by atoms with Crippen LogP contribution < -0.4 is 10.5 Å². The molecular weight excluding hydrogens is 379 g/mol. The number of hydrogen-bond donors (Lipinski definition) is 2. The minimum Gasteiger partial charge on any atom is -0.448 e. The Kier molecular flexibility index (Phi) is 5.27. The van der Waals surface area contributed by atoms with Crippen molar-refractivity contribution >= 4 is 46.1 Å². The van der Waals surface area contributed by atoms with E-state index in [0.717, 1.165) is 38.0 Å². The molecule has 4 rings (SSSR count). The summed E-state index contributed by atoms with van der Waals surface area (Å²) in [5.74, 6) is 0.469. The smallest absolute Gasteiger partial charge is 0.181 e. The summed E-state index contributed by atoms with van der Waals surface area (Å²) in [6.45, 7) is 0. The van der Waals surface area contributed by atoms with Crippen LogP contribution in [0.2, 0.25) is 0 Å². The lowest BCUT2D eigenvalue weighted by atomic mass is 10.2. The molecule has 0 aliphatic carbocycles. The number of hydrogen-bond acceptors (Lipinski definition) is 5. The van der Waals surface area contributed by atoms with Gasteiger partial charge in [-0.2, -0.15) is 0 Å². The normalized spacial score (nSPS) is 11.0. The Morgan fingerprint density at radius 2 is 1.85 bits per heavy atom. The highest BCUT2D eigenvalue weighted by Crippen LogP contribution is 2.35. The molecule has 0 saturated heterocycles. The molecule has 1 aromatic heterocycles. The standard InChI is InChI=1S/C21H17FN2OS2/c22-16-8-9-20(26-13-14-4-3-6-17(23)10-14)18(12-16)24-27-21-11-15-5-1-2-7-19(15)25-21/h1-12,24H,13,23H2. The zero-order valence-electron chi connectivity index (χ0n) is 14.3. The van der Waals surface area contributed by atoms with Crippen molar-refractivity contribution in [3.63, 3.8) is 0 Å². The lowest BCUT2D eigenvalue weighted by molar-refractivity contribution is 0.515. The maximum Gasteiger partial charge on any atom is 0.181 e. The molecule has 0 spiro atoms. The lowest BCUT2D eigenvalue weighted by Crippen LogP contribution is -1.92. The average Bonchev–Trinajstić information content (AvgIpc) is 3.08. The first-order valence-corrected chi connectivity index (χ1v) is 10.2. The van der Waals surface area contributed by atoms with Gasteiger partial charge in [0.25, 0.3) is 0 Å². The second-order valence-electron chi connectivity index (χ2n) is 5.98. The van der Waals surface area contributed by atoms with Crippen LogP contribution in [0.5, 0.6) is 0 Å². The molecule has 3 aromatic carbocycles. The summed E-state index contributed by atoms with van der Waals surface area (Å²) in [4.78, 5) is 0.961. The van der Waals surface area contributed by atoms with Crippen LogP contribution in [0.15, 0.2) is 87.2 Å². The SMILES string of the molecule is Nc1cccc(CSc2ccc(F)cc2NSc2cc3ccccc3o2)c1. The Hall–Kier alpha value is -2.57. The summed E-state index contributed by atoms with van der Waals surface area (Å²) in [5.41, 5.74) is 9.25. The first kappa shape index (κ1) is 17.8. The second kappa shape index (κ2) is 7.98. The molecule has 136 valence electrons. The van der Waals surface area contributed by atoms with E-state index in [1.165, 1.54) is 24.1 Å². The molecule has 1 heterocycles. The van der Waals surface area contributed by atoms with Gasteiger partial charge in [0.15, 0.2) is 5.09 Å². The molecule has 3 nitrogen and oxygen atoms in total. The summed E-state index contributed by atoms with van der Waals surface area (Å²) in [7, 11) is 0. The molecular formula is C21H17FN2OS2. The van der Waals surface area contributed by atoms with Crippen LogP contribution in [-0.2, 0) is 5.75 Å². The largest absolute Gasteiger partial charge is 0.448 e. The monoisotopic (exact) mass is 396 g/mol. The van der Waals surface area contributed by atoms with Crippen molar-refractivity contribution in [2.75, 3.05) is 10.5 Å². The number of nitrogen functional groups attached to an aromatic ring is 1. The van der Waals surface area contributed by atoms with Crippen LogP contribution in [0.4, 0.5) is 15.8 Å². The maximum atomic E-state index is 13.8. The third-order valence-electron chi connectivity index (χ3n) is 3.95. The fourth-order valence-electron chi connectivity index (χ4n) is 2.66. The number of rotatable bonds is 6. The van der Waals surface area contributed by atoms with Crippen LogP contribution in [0, 0.1) is 5.82 Å². The van der Waals surface area contributed by atoms with Crippen molar-refractivity contribution in [3.05, 3.63) is 84.2 Å². The third kappa shape index (κ3) is 4.40. The summed E-state index contributed by atoms with van der Waals surface area (Å²) in [6, 6.07) is 22.3. The van der Waals surface area contributed by atoms with E-state index in [2.05, 4.69) is 4.72 Å². The van der Waals surface area contributed by atoms with E-state index in [0.29, 0.717) is 5.69 Å². The fraction of sp³-hybridized carbons (Fsp3) is 0.0476. The molecule has 0 bridgehead atoms. The van der Waals surface area contributed by atoms with Gasteiger partial charge in [-0.1, -0.05) is 30.3 Å². The number of halogens is 1. The van der Waals surface area contributed by atoms with Crippen molar-refractivity contribution in [1.29, 1.82) is 0 Å². The van der Waals surface area contributed by atoms with E-state index in [4.69, 9.17) is 10.2 Å². The molecule has 4 aromatic rings. The van der Waals surface area contributed by atoms with Crippen LogP contribution in [0.3, 0.4) is 0 Å². The summed E-state index contributed by atoms with van der Waals surface area (Å²) >= 11 is 2.96. The third-order valence-corrected chi connectivity index (χ3v) is 5.82. The number of nitrogens with one attached hydrogen (secondary N) is 1. The van der Waals surface area contributed by atoms with E-state index >= 15 is 0 Å². The molecule has 27 heavy (non-hydrogen) atoms. The Bertz CT molecular complexity index is 1050. The number of fused-ring (bicyclic) bond motifs is 1. The van der Waals surface area contributed by atoms with E-state index in [9.17, 15) is 4.39 Å². The zero-order chi connectivity index (χ0) is 18.6. The number of anilines is 2. The molecule has 0 saturated carbocycles. The van der Waals surface area contributed by atoms with Crippen LogP contribution in [0.25, 0.3) is 11.0 Å². The number of nitrogens with two attached hydrogens (primary N) is 1. The van der Waals surface area contributed by atoms with Gasteiger partial charge in [0.1, 0.15) is 11.4 Å². The second-order valence-corrected chi connectivity index (χ2v) is 7.81. The van der Waals surface area contributed by atoms with Gasteiger partial charge < -0.3 is 14.9 Å². The fourth-order valence-corrected chi connectivity index (χ4v) is 4.36. The summed E-state index contributed by atoms with van der Waals surface area (Å²) < 4.78 is 22.8. The highest BCUT2D eigenvalue weighted by Gasteiger charge is 2.09. The predicted molar refractivity (Wildman–Crippen MR) is 113 cm³/mol. The van der Waals surface area contributed by atoms with Crippen LogP contribution in [0.1, 0.15) is 5.56 Å². The molecule has 0 amide bonds. The zero-order valence-corrected chi connectivity index (χ0v) is 15.9. The Morgan fingerprint density at radius 3 is 2.70 bits per heavy atom. The molecule has 0 radical (unpaired) electrons. The van der Waals surface area contributed by atoms with Crippen LogP contribution in [-0.4, -0.2) is 0 Å². The van der Waals surface area contributed by atoms with Crippen molar-refractivity contribution < 1.29 is 8.81 Å². The van der Waals surface area contributed by atoms with Gasteiger partial charge in [-0.05, 0) is 42.0 Å². The molecule has 0 aliphatic rings. The van der Waals surface area contributed by atoms with Gasteiger partial charge in [0, 0.05) is 39.7 Å². The minimum absolute atomic E-state index is 0.281. The van der Waals surface area contributed by atoms with Gasteiger partial charge in [-0.15, -0.1) is 11.8 Å².